The summed E-state index contributed by atoms with van der Waals surface area (Å²) in [7, 11) is 0. The van der Waals surface area contributed by atoms with E-state index in [0.717, 1.165) is 85.0 Å². The van der Waals surface area contributed by atoms with Crippen LogP contribution in [-0.2, 0) is 76.1 Å². The van der Waals surface area contributed by atoms with Crippen LogP contribution < -0.4 is 21.3 Å². The van der Waals surface area contributed by atoms with Crippen LogP contribution in [0.5, 0.6) is 0 Å². The van der Waals surface area contributed by atoms with Crippen molar-refractivity contribution in [2.45, 2.75) is 430 Å². The van der Waals surface area contributed by atoms with Crippen LogP contribution in [0, 0.1) is 0 Å². The van der Waals surface area contributed by atoms with E-state index in [0.29, 0.717) is 12.8 Å². The van der Waals surface area contributed by atoms with Gasteiger partial charge in [-0.1, -0.05) is 206 Å². The molecule has 0 aliphatic carbocycles. The van der Waals surface area contributed by atoms with E-state index in [9.17, 15) is 121 Å². The van der Waals surface area contributed by atoms with E-state index in [4.69, 9.17) is 47.4 Å². The number of aliphatic hydroxyl groups excluding tert-OH is 16. The molecule has 29 unspecified atom stereocenters. The third kappa shape index (κ3) is 33.1. The van der Waals surface area contributed by atoms with Crippen LogP contribution >= 0.6 is 0 Å². The van der Waals surface area contributed by atoms with E-state index in [1.165, 1.54) is 128 Å². The zero-order valence-electron chi connectivity index (χ0n) is 70.6. The number of amides is 4. The van der Waals surface area contributed by atoms with Gasteiger partial charge in [0.25, 0.3) is 11.6 Å². The second-order valence-electron chi connectivity index (χ2n) is 32.9. The Morgan fingerprint density at radius 3 is 1.32 bits per heavy atom. The average molecular weight is 1730 g/mol. The van der Waals surface area contributed by atoms with E-state index < -0.39 is 265 Å². The monoisotopic (exact) mass is 1730 g/mol. The normalized spacial score (nSPS) is 32.6. The molecule has 0 aromatic rings. The summed E-state index contributed by atoms with van der Waals surface area (Å²) in [6.07, 6.45) is -13.9. The number of carbonyl (C=O) groups excluding carboxylic acids is 4. The van der Waals surface area contributed by atoms with Crippen LogP contribution in [-0.4, -0.2) is 344 Å². The SMILES string of the molecule is CCCCCCCCCCCCCC=CC(O)C(COC1OC(CO)C(OC2OC(CO)C(OC3OC(CO)C(O)C(O)C3NC(C)=O)C(OC3(C(=O)O)CC(O)C(NC(C)=O)C(C(O)C(CO)OC4(C(=O)O)CC(O)C(NC(C)=O)C(C(O)C(O)CO)O4)O3)C2O)C(O)C1O)NC(=O)CCCCCCCCCCCCCCCCCCCCC. The number of carbonyl (C=O) groups is 6. The molecule has 0 bridgehead atoms. The van der Waals surface area contributed by atoms with Crippen LogP contribution in [0.25, 0.3) is 0 Å². The first-order valence-corrected chi connectivity index (χ1v) is 43.7. The van der Waals surface area contributed by atoms with Crippen molar-refractivity contribution in [2.24, 2.45) is 0 Å². The standard InChI is InChI=1S/C82H146N4O34/c1-6-8-10-12-14-16-18-20-21-22-23-24-25-27-29-31-33-35-37-39-60(99)86-51(52(95)38-36-34-32-30-28-26-19-17-15-13-11-9-7-2)47-111-77-69(105)68(104)71(58(45-90)113-77)115-78-70(106)75(72(59(46-91)114-78)116-76-63(85-50(5)94)67(103)65(101)56(43-88)112-76)120-82(80(109)110)41-54(97)62(84-49(4)93)74(119-82)66(102)57(44-89)117-81(79(107)108)40-53(96)61(83-48(3)92)73(118-81)64(100)55(98)42-87/h36,38,51-59,61-78,87-91,95-98,100-106H,6-35,37,39-47H2,1-5H3,(H,83,92)(H,84,93)(H,85,94)(H,86,99)(H,107,108)(H,109,110). The van der Waals surface area contributed by atoms with Crippen molar-refractivity contribution in [2.75, 3.05) is 39.6 Å². The Morgan fingerprint density at radius 2 is 0.867 bits per heavy atom. The first-order valence-electron chi connectivity index (χ1n) is 43.7. The van der Waals surface area contributed by atoms with Gasteiger partial charge >= 0.3 is 11.9 Å². The molecule has 0 aromatic heterocycles. The van der Waals surface area contributed by atoms with Gasteiger partial charge in [-0.2, -0.15) is 0 Å². The molecule has 120 heavy (non-hydrogen) atoms. The van der Waals surface area contributed by atoms with Crippen LogP contribution in [0.3, 0.4) is 0 Å². The van der Waals surface area contributed by atoms with Crippen LogP contribution in [0.15, 0.2) is 12.2 Å². The molecule has 4 amide bonds. The number of carboxylic acids is 2. The van der Waals surface area contributed by atoms with Crippen molar-refractivity contribution in [3.05, 3.63) is 12.2 Å². The molecule has 38 heteroatoms. The fraction of sp³-hybridized carbons (Fsp3) is 0.902. The lowest BCUT2D eigenvalue weighted by atomic mass is 9.87. The Labute approximate surface area is 703 Å². The highest BCUT2D eigenvalue weighted by atomic mass is 16.8. The molecule has 0 aromatic carbocycles. The number of aliphatic carboxylic acids is 2. The highest BCUT2D eigenvalue weighted by Crippen LogP contribution is 2.42. The van der Waals surface area contributed by atoms with E-state index in [-0.39, 0.29) is 6.42 Å². The number of carboxylic acid groups (broad SMARTS) is 2. The zero-order valence-corrected chi connectivity index (χ0v) is 70.6. The van der Waals surface area contributed by atoms with Crippen molar-refractivity contribution >= 4 is 35.6 Å². The molecule has 0 spiro atoms. The number of aliphatic hydroxyl groups is 16. The number of hydrogen-bond donors (Lipinski definition) is 22. The number of hydrogen-bond acceptors (Lipinski definition) is 32. The second kappa shape index (κ2) is 55.9. The summed E-state index contributed by atoms with van der Waals surface area (Å²) < 4.78 is 60.0. The van der Waals surface area contributed by atoms with Crippen LogP contribution in [0.4, 0.5) is 0 Å². The van der Waals surface area contributed by atoms with Crippen molar-refractivity contribution in [1.29, 1.82) is 0 Å². The minimum absolute atomic E-state index is 0.113. The van der Waals surface area contributed by atoms with Crippen LogP contribution in [0.1, 0.15) is 253 Å². The van der Waals surface area contributed by atoms with Crippen molar-refractivity contribution in [1.82, 2.24) is 21.3 Å². The lowest BCUT2D eigenvalue weighted by Crippen LogP contribution is -2.72. The Bertz CT molecular complexity index is 2940. The van der Waals surface area contributed by atoms with E-state index in [1.807, 2.05) is 0 Å². The maximum atomic E-state index is 14.2. The van der Waals surface area contributed by atoms with Gasteiger partial charge in [0.05, 0.1) is 76.1 Å². The number of allylic oxidation sites excluding steroid dienone is 1. The predicted octanol–water partition coefficient (Wildman–Crippen LogP) is -0.132. The van der Waals surface area contributed by atoms with Crippen LogP contribution in [0.2, 0.25) is 0 Å². The third-order valence-electron chi connectivity index (χ3n) is 23.0. The molecule has 698 valence electrons. The molecule has 29 atom stereocenters. The number of rotatable bonds is 60. The first-order chi connectivity index (χ1) is 57.3. The lowest BCUT2D eigenvalue weighted by molar-refractivity contribution is -0.402. The predicted molar refractivity (Wildman–Crippen MR) is 426 cm³/mol. The summed E-state index contributed by atoms with van der Waals surface area (Å²) in [5, 5.41) is 213. The summed E-state index contributed by atoms with van der Waals surface area (Å²) in [5.41, 5.74) is 0. The number of nitrogens with one attached hydrogen (secondary N) is 4. The van der Waals surface area contributed by atoms with Gasteiger partial charge < -0.3 is 161 Å². The topological polar surface area (TPSA) is 607 Å². The van der Waals surface area contributed by atoms with Gasteiger partial charge in [-0.3, -0.25) is 19.2 Å². The van der Waals surface area contributed by atoms with Crippen molar-refractivity contribution in [3.8, 4) is 0 Å². The first kappa shape index (κ1) is 106. The molecule has 5 aliphatic heterocycles. The summed E-state index contributed by atoms with van der Waals surface area (Å²) in [6, 6.07) is -6.82. The molecule has 22 N–H and O–H groups in total. The minimum Gasteiger partial charge on any atom is -0.477 e. The molecular weight excluding hydrogens is 1580 g/mol. The highest BCUT2D eigenvalue weighted by molar-refractivity contribution is 5.78. The van der Waals surface area contributed by atoms with Crippen molar-refractivity contribution in [3.63, 3.8) is 0 Å². The van der Waals surface area contributed by atoms with Gasteiger partial charge in [0.2, 0.25) is 23.6 Å². The van der Waals surface area contributed by atoms with Crippen molar-refractivity contribution < 1.29 is 168 Å². The average Bonchev–Trinajstić information content (AvgIpc) is 0.746. The molecule has 5 heterocycles. The fourth-order valence-electron chi connectivity index (χ4n) is 16.1. The largest absolute Gasteiger partial charge is 0.477 e. The minimum atomic E-state index is -3.59. The summed E-state index contributed by atoms with van der Waals surface area (Å²) >= 11 is 0. The molecule has 38 nitrogen and oxygen atoms in total. The maximum Gasteiger partial charge on any atom is 0.364 e. The summed E-state index contributed by atoms with van der Waals surface area (Å²) in [5.74, 6) is -14.6. The summed E-state index contributed by atoms with van der Waals surface area (Å²) in [4.78, 5) is 79.2. The fourth-order valence-corrected chi connectivity index (χ4v) is 16.1. The molecule has 5 rings (SSSR count). The Balaban J connectivity index is 1.41. The Morgan fingerprint density at radius 1 is 0.450 bits per heavy atom. The molecular formula is C82H146N4O34. The second-order valence-corrected chi connectivity index (χ2v) is 32.9. The smallest absolute Gasteiger partial charge is 0.364 e. The Hall–Kier alpha value is -4.48. The summed E-state index contributed by atoms with van der Waals surface area (Å²) in [6.45, 7) is 0.547. The van der Waals surface area contributed by atoms with Gasteiger partial charge in [-0.15, -0.1) is 0 Å². The van der Waals surface area contributed by atoms with E-state index in [2.05, 4.69) is 35.1 Å². The molecule has 0 radical (unpaired) electrons. The van der Waals surface area contributed by atoms with Gasteiger partial charge in [-0.25, -0.2) is 9.59 Å². The van der Waals surface area contributed by atoms with E-state index >= 15 is 0 Å². The number of unbranched alkanes of at least 4 members (excludes halogenated alkanes) is 29. The Kier molecular flexibility index (Phi) is 49.4. The van der Waals surface area contributed by atoms with Gasteiger partial charge in [-0.05, 0) is 19.3 Å². The maximum absolute atomic E-state index is 14.2. The molecule has 5 saturated heterocycles. The lowest BCUT2D eigenvalue weighted by Gasteiger charge is -2.52. The third-order valence-corrected chi connectivity index (χ3v) is 23.0. The number of ether oxygens (including phenoxy) is 10. The van der Waals surface area contributed by atoms with E-state index in [1.54, 1.807) is 6.08 Å². The highest BCUT2D eigenvalue weighted by Gasteiger charge is 2.64. The molecule has 0 saturated carbocycles. The quantitative estimate of drug-likeness (QED) is 0.0278. The van der Waals surface area contributed by atoms with Gasteiger partial charge in [0, 0.05) is 40.0 Å². The molecule has 5 fully saturated rings. The van der Waals surface area contributed by atoms with Gasteiger partial charge in [0.1, 0.15) is 110 Å². The zero-order chi connectivity index (χ0) is 88.7. The van der Waals surface area contributed by atoms with Gasteiger partial charge in [0.15, 0.2) is 18.9 Å². The molecule has 5 aliphatic rings.